The molecule has 9 heteroatoms. The Hall–Kier alpha value is -2.42. The van der Waals surface area contributed by atoms with Crippen LogP contribution < -0.4 is 10.6 Å². The van der Waals surface area contributed by atoms with Gasteiger partial charge in [-0.1, -0.05) is 17.3 Å². The number of halogens is 3. The SMILES string of the molecule is O=C(NCCC1CCCNC1)c1cn(-c2ccccc2C(F)(F)F)nn1. The van der Waals surface area contributed by atoms with E-state index in [0.29, 0.717) is 12.5 Å². The van der Waals surface area contributed by atoms with Gasteiger partial charge in [0.05, 0.1) is 17.4 Å². The van der Waals surface area contributed by atoms with E-state index in [4.69, 9.17) is 0 Å². The average molecular weight is 367 g/mol. The minimum Gasteiger partial charge on any atom is -0.351 e. The van der Waals surface area contributed by atoms with Crippen LogP contribution in [0.15, 0.2) is 30.5 Å². The molecule has 26 heavy (non-hydrogen) atoms. The second-order valence-corrected chi connectivity index (χ2v) is 6.32. The fourth-order valence-electron chi connectivity index (χ4n) is 3.05. The quantitative estimate of drug-likeness (QED) is 0.851. The molecule has 0 aliphatic carbocycles. The van der Waals surface area contributed by atoms with Crippen molar-refractivity contribution in [2.75, 3.05) is 19.6 Å². The predicted molar refractivity (Wildman–Crippen MR) is 88.9 cm³/mol. The highest BCUT2D eigenvalue weighted by atomic mass is 19.4. The number of hydrogen-bond donors (Lipinski definition) is 2. The van der Waals surface area contributed by atoms with E-state index in [0.717, 1.165) is 43.1 Å². The molecule has 1 aromatic carbocycles. The molecule has 0 saturated carbocycles. The number of nitrogens with zero attached hydrogens (tertiary/aromatic N) is 3. The van der Waals surface area contributed by atoms with Crippen LogP contribution in [0.25, 0.3) is 5.69 Å². The maximum Gasteiger partial charge on any atom is 0.418 e. The van der Waals surface area contributed by atoms with Crippen molar-refractivity contribution < 1.29 is 18.0 Å². The van der Waals surface area contributed by atoms with Crippen molar-refractivity contribution in [3.05, 3.63) is 41.7 Å². The standard InChI is InChI=1S/C17H20F3N5O/c18-17(19,20)13-5-1-2-6-15(13)25-11-14(23-24-25)16(26)22-9-7-12-4-3-8-21-10-12/h1-2,5-6,11-12,21H,3-4,7-10H2,(H,22,26). The van der Waals surface area contributed by atoms with Gasteiger partial charge in [-0.3, -0.25) is 4.79 Å². The number of aromatic nitrogens is 3. The van der Waals surface area contributed by atoms with Gasteiger partial charge >= 0.3 is 6.18 Å². The molecule has 2 heterocycles. The fraction of sp³-hybridized carbons (Fsp3) is 0.471. The molecular weight excluding hydrogens is 347 g/mol. The summed E-state index contributed by atoms with van der Waals surface area (Å²) in [5.74, 6) is 0.0860. The number of alkyl halides is 3. The van der Waals surface area contributed by atoms with Crippen molar-refractivity contribution in [2.45, 2.75) is 25.4 Å². The van der Waals surface area contributed by atoms with Crippen LogP contribution in [0.4, 0.5) is 13.2 Å². The van der Waals surface area contributed by atoms with Crippen LogP contribution >= 0.6 is 0 Å². The van der Waals surface area contributed by atoms with Gasteiger partial charge in [0, 0.05) is 6.54 Å². The normalized spacial score (nSPS) is 17.9. The van der Waals surface area contributed by atoms with Crippen molar-refractivity contribution in [1.82, 2.24) is 25.6 Å². The maximum absolute atomic E-state index is 13.1. The Morgan fingerprint density at radius 1 is 1.35 bits per heavy atom. The molecule has 1 amide bonds. The van der Waals surface area contributed by atoms with E-state index in [1.165, 1.54) is 24.4 Å². The Balaban J connectivity index is 1.63. The topological polar surface area (TPSA) is 71.8 Å². The van der Waals surface area contributed by atoms with E-state index in [9.17, 15) is 18.0 Å². The molecule has 0 radical (unpaired) electrons. The Kier molecular flexibility index (Phi) is 5.55. The van der Waals surface area contributed by atoms with Crippen molar-refractivity contribution in [3.63, 3.8) is 0 Å². The summed E-state index contributed by atoms with van der Waals surface area (Å²) in [4.78, 5) is 12.1. The molecule has 1 unspecified atom stereocenters. The summed E-state index contributed by atoms with van der Waals surface area (Å²) in [5, 5.41) is 13.4. The van der Waals surface area contributed by atoms with Crippen LogP contribution in [-0.2, 0) is 6.18 Å². The number of amides is 1. The lowest BCUT2D eigenvalue weighted by atomic mass is 9.96. The number of rotatable bonds is 5. The zero-order valence-corrected chi connectivity index (χ0v) is 14.1. The van der Waals surface area contributed by atoms with Gasteiger partial charge in [-0.25, -0.2) is 4.68 Å². The molecule has 1 atom stereocenters. The largest absolute Gasteiger partial charge is 0.418 e. The zero-order chi connectivity index (χ0) is 18.6. The van der Waals surface area contributed by atoms with Gasteiger partial charge in [0.25, 0.3) is 5.91 Å². The van der Waals surface area contributed by atoms with Crippen molar-refractivity contribution in [2.24, 2.45) is 5.92 Å². The third-order valence-corrected chi connectivity index (χ3v) is 4.42. The van der Waals surface area contributed by atoms with Gasteiger partial charge < -0.3 is 10.6 Å². The van der Waals surface area contributed by atoms with Crippen molar-refractivity contribution in [1.29, 1.82) is 0 Å². The molecule has 1 fully saturated rings. The van der Waals surface area contributed by atoms with Crippen molar-refractivity contribution >= 4 is 5.91 Å². The molecule has 2 aromatic rings. The summed E-state index contributed by atoms with van der Waals surface area (Å²) >= 11 is 0. The van der Waals surface area contributed by atoms with E-state index >= 15 is 0 Å². The molecule has 3 rings (SSSR count). The van der Waals surface area contributed by atoms with E-state index in [1.54, 1.807) is 0 Å². The van der Waals surface area contributed by atoms with Gasteiger partial charge in [0.2, 0.25) is 0 Å². The van der Waals surface area contributed by atoms with Gasteiger partial charge in [-0.2, -0.15) is 13.2 Å². The molecular formula is C17H20F3N5O. The number of hydrogen-bond acceptors (Lipinski definition) is 4. The third-order valence-electron chi connectivity index (χ3n) is 4.42. The van der Waals surface area contributed by atoms with Crippen LogP contribution in [0.3, 0.4) is 0 Å². The smallest absolute Gasteiger partial charge is 0.351 e. The van der Waals surface area contributed by atoms with Gasteiger partial charge in [0.15, 0.2) is 5.69 Å². The van der Waals surface area contributed by atoms with Crippen LogP contribution in [0.5, 0.6) is 0 Å². The Morgan fingerprint density at radius 3 is 2.88 bits per heavy atom. The van der Waals surface area contributed by atoms with Crippen molar-refractivity contribution in [3.8, 4) is 5.69 Å². The summed E-state index contributed by atoms with van der Waals surface area (Å²) in [6.45, 7) is 2.48. The van der Waals surface area contributed by atoms with Gasteiger partial charge in [-0.05, 0) is 50.4 Å². The van der Waals surface area contributed by atoms with Crippen LogP contribution in [-0.4, -0.2) is 40.5 Å². The third kappa shape index (κ3) is 4.40. The molecule has 140 valence electrons. The number of carbonyl (C=O) groups is 1. The maximum atomic E-state index is 13.1. The lowest BCUT2D eigenvalue weighted by Crippen LogP contribution is -2.33. The molecule has 0 bridgehead atoms. The summed E-state index contributed by atoms with van der Waals surface area (Å²) in [7, 11) is 0. The van der Waals surface area contributed by atoms with E-state index in [2.05, 4.69) is 20.9 Å². The Morgan fingerprint density at radius 2 is 2.15 bits per heavy atom. The first kappa shape index (κ1) is 18.4. The monoisotopic (exact) mass is 367 g/mol. The molecule has 1 aliphatic heterocycles. The summed E-state index contributed by atoms with van der Waals surface area (Å²) in [6, 6.07) is 5.03. The van der Waals surface area contributed by atoms with E-state index in [1.807, 2.05) is 0 Å². The van der Waals surface area contributed by atoms with Gasteiger partial charge in [0.1, 0.15) is 0 Å². The van der Waals surface area contributed by atoms with E-state index < -0.39 is 17.6 Å². The first-order valence-corrected chi connectivity index (χ1v) is 8.53. The summed E-state index contributed by atoms with van der Waals surface area (Å²) in [6.07, 6.45) is -0.191. The average Bonchev–Trinajstić information content (AvgIpc) is 3.12. The minimum absolute atomic E-state index is 0.0104. The predicted octanol–water partition coefficient (Wildman–Crippen LogP) is 2.41. The highest BCUT2D eigenvalue weighted by Gasteiger charge is 2.34. The zero-order valence-electron chi connectivity index (χ0n) is 14.1. The Bertz CT molecular complexity index is 753. The molecule has 1 aliphatic rings. The second-order valence-electron chi connectivity index (χ2n) is 6.32. The Labute approximate surface area is 148 Å². The van der Waals surface area contributed by atoms with Crippen LogP contribution in [0, 0.1) is 5.92 Å². The lowest BCUT2D eigenvalue weighted by Gasteiger charge is -2.22. The first-order chi connectivity index (χ1) is 12.4. The van der Waals surface area contributed by atoms with Crippen LogP contribution in [0.2, 0.25) is 0 Å². The number of carbonyl (C=O) groups excluding carboxylic acids is 1. The first-order valence-electron chi connectivity index (χ1n) is 8.53. The number of nitrogens with one attached hydrogen (secondary N) is 2. The van der Waals surface area contributed by atoms with Crippen LogP contribution in [0.1, 0.15) is 35.3 Å². The summed E-state index contributed by atoms with van der Waals surface area (Å²) < 4.78 is 40.3. The number of benzene rings is 1. The highest BCUT2D eigenvalue weighted by Crippen LogP contribution is 2.33. The minimum atomic E-state index is -4.51. The molecule has 1 aromatic heterocycles. The van der Waals surface area contributed by atoms with Gasteiger partial charge in [-0.15, -0.1) is 5.10 Å². The summed E-state index contributed by atoms with van der Waals surface area (Å²) in [5.41, 5.74) is -1.01. The highest BCUT2D eigenvalue weighted by molar-refractivity contribution is 5.91. The second kappa shape index (κ2) is 7.86. The molecule has 1 saturated heterocycles. The van der Waals surface area contributed by atoms with E-state index in [-0.39, 0.29) is 11.4 Å². The molecule has 2 N–H and O–H groups in total. The number of piperidine rings is 1. The lowest BCUT2D eigenvalue weighted by molar-refractivity contribution is -0.137. The molecule has 6 nitrogen and oxygen atoms in total. The number of para-hydroxylation sites is 1. The fourth-order valence-corrected chi connectivity index (χ4v) is 3.05. The molecule has 0 spiro atoms.